The Balaban J connectivity index is 1.89. The van der Waals surface area contributed by atoms with Crippen LogP contribution in [0.5, 0.6) is 28.7 Å². The highest BCUT2D eigenvalue weighted by Crippen LogP contribution is 2.51. The number of pyridine rings is 1. The van der Waals surface area contributed by atoms with Crippen molar-refractivity contribution in [2.24, 2.45) is 0 Å². The van der Waals surface area contributed by atoms with E-state index in [2.05, 4.69) is 0 Å². The molecule has 0 saturated carbocycles. The molecule has 38 heavy (non-hydrogen) atoms. The predicted molar refractivity (Wildman–Crippen MR) is 147 cm³/mol. The fourth-order valence-corrected chi connectivity index (χ4v) is 5.62. The van der Waals surface area contributed by atoms with E-state index in [0.29, 0.717) is 39.6 Å². The van der Waals surface area contributed by atoms with Crippen LogP contribution in [0.15, 0.2) is 36.4 Å². The first kappa shape index (κ1) is 25.4. The van der Waals surface area contributed by atoms with Crippen LogP contribution in [-0.2, 0) is 5.41 Å². The van der Waals surface area contributed by atoms with E-state index in [1.807, 2.05) is 52.0 Å². The van der Waals surface area contributed by atoms with Gasteiger partial charge >= 0.3 is 0 Å². The molecule has 196 valence electrons. The molecule has 5 rings (SSSR count). The first-order valence-electron chi connectivity index (χ1n) is 12.3. The van der Waals surface area contributed by atoms with Crippen LogP contribution in [0.1, 0.15) is 52.2 Å². The molecule has 4 aromatic rings. The van der Waals surface area contributed by atoms with Crippen LogP contribution in [0.2, 0.25) is 0 Å². The van der Waals surface area contributed by atoms with Crippen LogP contribution >= 0.6 is 0 Å². The van der Waals surface area contributed by atoms with E-state index in [-0.39, 0.29) is 17.1 Å². The van der Waals surface area contributed by atoms with Gasteiger partial charge in [-0.1, -0.05) is 13.8 Å². The van der Waals surface area contributed by atoms with Gasteiger partial charge in [0.15, 0.2) is 0 Å². The summed E-state index contributed by atoms with van der Waals surface area (Å²) in [5.74, 6) is 1.79. The molecule has 1 aliphatic carbocycles. The zero-order valence-electron chi connectivity index (χ0n) is 22.9. The van der Waals surface area contributed by atoms with E-state index < -0.39 is 5.41 Å². The highest BCUT2D eigenvalue weighted by molar-refractivity contribution is 6.20. The summed E-state index contributed by atoms with van der Waals surface area (Å²) in [4.78, 5) is 18.9. The van der Waals surface area contributed by atoms with E-state index in [1.165, 1.54) is 7.11 Å². The van der Waals surface area contributed by atoms with Gasteiger partial charge < -0.3 is 24.1 Å². The van der Waals surface area contributed by atoms with Crippen LogP contribution in [0.4, 0.5) is 0 Å². The number of phenolic OH excluding ortho intramolecular Hbond substituents is 1. The highest BCUT2D eigenvalue weighted by atomic mass is 16.5. The summed E-state index contributed by atoms with van der Waals surface area (Å²) in [6.07, 6.45) is 0. The largest absolute Gasteiger partial charge is 0.506 e. The lowest BCUT2D eigenvalue weighted by Gasteiger charge is -2.36. The lowest BCUT2D eigenvalue weighted by molar-refractivity contribution is 0.102. The molecule has 1 N–H and O–H groups in total. The maximum Gasteiger partial charge on any atom is 0.201 e. The van der Waals surface area contributed by atoms with Crippen LogP contribution in [0, 0.1) is 13.8 Å². The zero-order valence-corrected chi connectivity index (χ0v) is 22.9. The van der Waals surface area contributed by atoms with Crippen molar-refractivity contribution in [2.45, 2.75) is 33.1 Å². The van der Waals surface area contributed by atoms with Gasteiger partial charge in [-0.2, -0.15) is 0 Å². The Hall–Kier alpha value is -4.26. The number of hydrogen-bond acceptors (Lipinski definition) is 7. The van der Waals surface area contributed by atoms with Gasteiger partial charge in [0, 0.05) is 28.8 Å². The van der Waals surface area contributed by atoms with Gasteiger partial charge in [0.1, 0.15) is 28.7 Å². The molecule has 0 fully saturated rings. The summed E-state index contributed by atoms with van der Waals surface area (Å²) < 4.78 is 22.3. The number of phenols is 1. The van der Waals surface area contributed by atoms with Crippen molar-refractivity contribution in [1.82, 2.24) is 4.98 Å². The number of carbonyl (C=O) groups is 1. The average molecular weight is 514 g/mol. The maximum absolute atomic E-state index is 14.1. The molecule has 1 aliphatic rings. The van der Waals surface area contributed by atoms with Crippen molar-refractivity contribution >= 4 is 16.6 Å². The van der Waals surface area contributed by atoms with Gasteiger partial charge in [0.2, 0.25) is 5.78 Å². The summed E-state index contributed by atoms with van der Waals surface area (Å²) in [7, 11) is 6.29. The number of nitrogens with zero attached hydrogens (tertiary/aromatic N) is 1. The number of carbonyl (C=O) groups excluding carboxylic acids is 1. The van der Waals surface area contributed by atoms with Crippen molar-refractivity contribution < 1.29 is 28.8 Å². The van der Waals surface area contributed by atoms with Gasteiger partial charge in [-0.05, 0) is 60.2 Å². The summed E-state index contributed by atoms with van der Waals surface area (Å²) in [6.45, 7) is 7.92. The first-order valence-corrected chi connectivity index (χ1v) is 12.3. The molecule has 7 heteroatoms. The van der Waals surface area contributed by atoms with Crippen LogP contribution in [0.3, 0.4) is 0 Å². The van der Waals surface area contributed by atoms with Crippen molar-refractivity contribution in [3.05, 3.63) is 69.9 Å². The number of ketones is 1. The van der Waals surface area contributed by atoms with Crippen molar-refractivity contribution in [1.29, 1.82) is 0 Å². The van der Waals surface area contributed by atoms with Crippen molar-refractivity contribution in [3.8, 4) is 40.0 Å². The maximum atomic E-state index is 14.1. The second-order valence-electron chi connectivity index (χ2n) is 10.1. The third-order valence-corrected chi connectivity index (χ3v) is 7.52. The molecule has 0 aliphatic heterocycles. The van der Waals surface area contributed by atoms with Gasteiger partial charge in [0.25, 0.3) is 0 Å². The number of methoxy groups -OCH3 is 4. The fourth-order valence-electron chi connectivity index (χ4n) is 5.62. The van der Waals surface area contributed by atoms with Gasteiger partial charge in [0.05, 0.1) is 50.6 Å². The number of rotatable bonds is 5. The summed E-state index contributed by atoms with van der Waals surface area (Å²) in [6, 6.07) is 11.2. The van der Waals surface area contributed by atoms with Gasteiger partial charge in [-0.15, -0.1) is 0 Å². The molecule has 0 radical (unpaired) electrons. The molecule has 0 bridgehead atoms. The second kappa shape index (κ2) is 8.94. The minimum Gasteiger partial charge on any atom is -0.506 e. The molecule has 1 heterocycles. The molecule has 1 aromatic heterocycles. The number of aromatic hydroxyl groups is 1. The Bertz CT molecular complexity index is 1640. The molecule has 0 amide bonds. The number of fused-ring (bicyclic) bond motifs is 3. The SMILES string of the molecule is COc1cc(C)c(-c2nc(C)cc3cc4c(c(O)c23)C(=O)c2c(OC)cc(OC)cc2C4(C)C)c(OC)c1. The first-order chi connectivity index (χ1) is 18.1. The monoisotopic (exact) mass is 513 g/mol. The second-order valence-corrected chi connectivity index (χ2v) is 10.1. The van der Waals surface area contributed by atoms with E-state index in [0.717, 1.165) is 33.3 Å². The number of benzene rings is 3. The minimum absolute atomic E-state index is 0.112. The summed E-state index contributed by atoms with van der Waals surface area (Å²) >= 11 is 0. The lowest BCUT2D eigenvalue weighted by atomic mass is 9.67. The van der Waals surface area contributed by atoms with Gasteiger partial charge in [-0.3, -0.25) is 9.78 Å². The fraction of sp³-hybridized carbons (Fsp3) is 0.290. The third kappa shape index (κ3) is 3.56. The Morgan fingerprint density at radius 2 is 1.32 bits per heavy atom. The molecule has 7 nitrogen and oxygen atoms in total. The minimum atomic E-state index is -0.628. The molecule has 0 atom stereocenters. The van der Waals surface area contributed by atoms with Crippen molar-refractivity contribution in [3.63, 3.8) is 0 Å². The molecular formula is C31H31NO6. The smallest absolute Gasteiger partial charge is 0.201 e. The molecule has 0 spiro atoms. The number of ether oxygens (including phenoxy) is 4. The molecular weight excluding hydrogens is 482 g/mol. The Morgan fingerprint density at radius 1 is 0.737 bits per heavy atom. The van der Waals surface area contributed by atoms with E-state index in [1.54, 1.807) is 33.5 Å². The standard InChI is InChI=1S/C31H31NO6/c1-15-9-18(35-5)13-22(37-7)24(15)28-25-17(10-16(2)32-28)11-20-27(29(25)33)30(34)26-21(31(20,3)4)12-19(36-6)14-23(26)38-8/h9-14,33H,1-8H3. The normalized spacial score (nSPS) is 13.6. The predicted octanol–water partition coefficient (Wildman–Crippen LogP) is 6.13. The Labute approximate surface area is 222 Å². The van der Waals surface area contributed by atoms with E-state index >= 15 is 0 Å². The van der Waals surface area contributed by atoms with E-state index in [9.17, 15) is 9.90 Å². The number of aromatic nitrogens is 1. The third-order valence-electron chi connectivity index (χ3n) is 7.52. The quantitative estimate of drug-likeness (QED) is 0.344. The van der Waals surface area contributed by atoms with Crippen LogP contribution in [0.25, 0.3) is 22.0 Å². The molecule has 0 saturated heterocycles. The van der Waals surface area contributed by atoms with Crippen LogP contribution < -0.4 is 18.9 Å². The number of hydrogen-bond donors (Lipinski definition) is 1. The summed E-state index contributed by atoms with van der Waals surface area (Å²) in [5, 5.41) is 13.1. The highest BCUT2D eigenvalue weighted by Gasteiger charge is 2.42. The van der Waals surface area contributed by atoms with Gasteiger partial charge in [-0.25, -0.2) is 0 Å². The van der Waals surface area contributed by atoms with Crippen molar-refractivity contribution in [2.75, 3.05) is 28.4 Å². The van der Waals surface area contributed by atoms with Crippen LogP contribution in [-0.4, -0.2) is 44.3 Å². The Morgan fingerprint density at radius 3 is 1.92 bits per heavy atom. The topological polar surface area (TPSA) is 87.1 Å². The zero-order chi connectivity index (χ0) is 27.5. The molecule has 3 aromatic carbocycles. The molecule has 0 unspecified atom stereocenters. The average Bonchev–Trinajstić information content (AvgIpc) is 2.89. The number of aryl methyl sites for hydroxylation is 2. The summed E-state index contributed by atoms with van der Waals surface area (Å²) in [5.41, 5.74) is 4.44. The Kier molecular flexibility index (Phi) is 5.97. The lowest BCUT2D eigenvalue weighted by Crippen LogP contribution is -2.31. The van der Waals surface area contributed by atoms with E-state index in [4.69, 9.17) is 23.9 Å².